The number of nitrogens with two attached hydrogens (primary N) is 1. The Hall–Kier alpha value is -3.84. The van der Waals surface area contributed by atoms with Crippen molar-refractivity contribution in [3.63, 3.8) is 0 Å². The average molecular weight is 939 g/mol. The molecule has 0 bridgehead atoms. The van der Waals surface area contributed by atoms with E-state index in [1.165, 1.54) is 11.1 Å². The van der Waals surface area contributed by atoms with Crippen LogP contribution in [0.2, 0.25) is 0 Å². The van der Waals surface area contributed by atoms with Crippen molar-refractivity contribution in [2.45, 2.75) is 114 Å². The fourth-order valence-corrected chi connectivity index (χ4v) is 13.6. The van der Waals surface area contributed by atoms with Crippen LogP contribution in [0.15, 0.2) is 95.5 Å². The van der Waals surface area contributed by atoms with Gasteiger partial charge in [-0.1, -0.05) is 88.4 Å². The molecule has 66 heavy (non-hydrogen) atoms. The first-order valence-electron chi connectivity index (χ1n) is 24.1. The second kappa shape index (κ2) is 22.5. The van der Waals surface area contributed by atoms with Crippen molar-refractivity contribution in [1.82, 2.24) is 15.6 Å². The lowest BCUT2D eigenvalue weighted by Crippen LogP contribution is -2.42. The Morgan fingerprint density at radius 3 is 2.58 bits per heavy atom. The molecule has 11 nitrogen and oxygen atoms in total. The van der Waals surface area contributed by atoms with Gasteiger partial charge in [0.1, 0.15) is 11.9 Å². The van der Waals surface area contributed by atoms with Gasteiger partial charge in [-0.2, -0.15) is 0 Å². The molecule has 0 unspecified atom stereocenters. The Bertz CT molecular complexity index is 2240. The number of aryl methyl sites for hydroxylation is 1. The molecule has 3 heterocycles. The predicted octanol–water partition coefficient (Wildman–Crippen LogP) is 6.12. The van der Waals surface area contributed by atoms with Gasteiger partial charge in [0.15, 0.2) is 11.5 Å². The lowest BCUT2D eigenvalue weighted by Gasteiger charge is -2.35. The van der Waals surface area contributed by atoms with Crippen molar-refractivity contribution in [2.75, 3.05) is 31.2 Å². The van der Waals surface area contributed by atoms with Gasteiger partial charge in [0.25, 0.3) is 0 Å². The van der Waals surface area contributed by atoms with E-state index in [1.807, 2.05) is 24.4 Å². The van der Waals surface area contributed by atoms with Crippen LogP contribution in [0.4, 0.5) is 0 Å². The van der Waals surface area contributed by atoms with E-state index in [0.717, 1.165) is 47.2 Å². The first-order valence-corrected chi connectivity index (χ1v) is 26.6. The van der Waals surface area contributed by atoms with Crippen molar-refractivity contribution < 1.29 is 35.4 Å². The Morgan fingerprint density at radius 1 is 0.970 bits per heavy atom. The number of aromatic amines is 1. The van der Waals surface area contributed by atoms with Gasteiger partial charge in [-0.25, -0.2) is 0 Å². The summed E-state index contributed by atoms with van der Waals surface area (Å²) in [5.74, 6) is 8.07. The van der Waals surface area contributed by atoms with Crippen molar-refractivity contribution >= 4 is 21.6 Å². The number of fused-ring (bicyclic) bond motifs is 5. The van der Waals surface area contributed by atoms with Gasteiger partial charge in [0.2, 0.25) is 0 Å². The van der Waals surface area contributed by atoms with E-state index < -0.39 is 42.4 Å². The number of aromatic nitrogens is 1. The van der Waals surface area contributed by atoms with Crippen molar-refractivity contribution in [3.05, 3.63) is 118 Å². The first kappa shape index (κ1) is 48.6. The Balaban J connectivity index is 1.12. The maximum absolute atomic E-state index is 12.3. The Labute approximate surface area is 398 Å². The molecule has 3 aliphatic carbocycles. The van der Waals surface area contributed by atoms with E-state index in [-0.39, 0.29) is 53.7 Å². The van der Waals surface area contributed by atoms with Gasteiger partial charge in [-0.15, -0.1) is 0 Å². The molecule has 1 fully saturated rings. The molecular weight excluding hydrogens is 869 g/mol. The molecule has 2 aliphatic heterocycles. The van der Waals surface area contributed by atoms with Crippen LogP contribution in [0.1, 0.15) is 80.7 Å². The second-order valence-corrected chi connectivity index (χ2v) is 22.0. The summed E-state index contributed by atoms with van der Waals surface area (Å²) >= 11 is 0. The van der Waals surface area contributed by atoms with Crippen LogP contribution < -0.4 is 21.1 Å². The highest BCUT2D eigenvalue weighted by Crippen LogP contribution is 2.48. The fourth-order valence-electron chi connectivity index (χ4n) is 11.1. The quantitative estimate of drug-likeness (QED) is 0.0603. The van der Waals surface area contributed by atoms with Gasteiger partial charge in [-0.05, 0) is 123 Å². The maximum atomic E-state index is 12.3. The number of allylic oxidation sites excluding steroid dienone is 3. The molecule has 3 aromatic rings. The minimum absolute atomic E-state index is 0.0148. The highest BCUT2D eigenvalue weighted by atomic mass is 33.1. The molecule has 8 rings (SSSR count). The van der Waals surface area contributed by atoms with E-state index in [1.54, 1.807) is 34.6 Å². The summed E-state index contributed by atoms with van der Waals surface area (Å²) < 4.78 is 6.86. The molecule has 5 aliphatic rings. The molecule has 1 aromatic heterocycles. The van der Waals surface area contributed by atoms with E-state index >= 15 is 0 Å². The van der Waals surface area contributed by atoms with Crippen LogP contribution in [0.25, 0.3) is 0 Å². The zero-order valence-electron chi connectivity index (χ0n) is 38.3. The van der Waals surface area contributed by atoms with Crippen LogP contribution in [0, 0.1) is 47.3 Å². The van der Waals surface area contributed by atoms with Crippen LogP contribution in [0.5, 0.6) is 11.5 Å². The van der Waals surface area contributed by atoms with Crippen molar-refractivity contribution in [3.8, 4) is 23.3 Å². The number of ether oxygens (including phenoxy) is 1. The molecule has 11 N–H and O–H groups in total. The van der Waals surface area contributed by atoms with Crippen LogP contribution >= 0.6 is 21.6 Å². The maximum Gasteiger partial charge on any atom is 0.161 e. The molecule has 0 spiro atoms. The number of benzene rings is 2. The molecule has 13 heteroatoms. The number of phenolic OH excluding ortho intramolecular Hbond substituents is 1. The summed E-state index contributed by atoms with van der Waals surface area (Å²) in [5.41, 5.74) is 14.2. The summed E-state index contributed by atoms with van der Waals surface area (Å²) in [6, 6.07) is 18.3. The van der Waals surface area contributed by atoms with Crippen molar-refractivity contribution in [1.29, 1.82) is 0 Å². The molecule has 0 amide bonds. The van der Waals surface area contributed by atoms with Crippen LogP contribution in [-0.4, -0.2) is 103 Å². The number of nitrogens with one attached hydrogen (secondary N) is 3. The zero-order chi connectivity index (χ0) is 46.3. The molecular formula is C53H70N4O7S2. The minimum Gasteiger partial charge on any atom is -0.504 e. The molecule has 0 radical (unpaired) electrons. The minimum atomic E-state index is -1.05. The van der Waals surface area contributed by atoms with Crippen molar-refractivity contribution in [2.24, 2.45) is 41.2 Å². The number of H-pyrrole nitrogens is 1. The van der Waals surface area contributed by atoms with E-state index in [9.17, 15) is 30.6 Å². The Morgan fingerprint density at radius 2 is 1.80 bits per heavy atom. The standard InChI is InChI=1S/C53H70N4O7S2/c1-31(19-33-7-4-3-5-8-33)34-10-13-37-20-35-11-12-36-23-47(61)49(26-44(36)43(35)25-48(62)51(37)46(60)15-14-41(21-34)57-27-32(2)59)64-50-24-38(22-40-9-6-17-55-40)42-16-18-56-53(54)45(42)30-66-65-29-39(28-58)52(50)63/h3-9,16-17,20,23,26,31-32,34,37-39,41,43,46,48,50-52,55-63H,11-12,14-15,18-19,21-22,24-25,27-30,54H2,1-2H3/t31-,32+,34+,37+,38+,39+,41-,43-,46+,48-,50-,51-,52-/m1/s1. The Kier molecular flexibility index (Phi) is 16.6. The lowest BCUT2D eigenvalue weighted by molar-refractivity contribution is -0.0214. The third-order valence-corrected chi connectivity index (χ3v) is 17.2. The summed E-state index contributed by atoms with van der Waals surface area (Å²) in [4.78, 5) is 3.36. The average Bonchev–Trinajstić information content (AvgIpc) is 3.76. The van der Waals surface area contributed by atoms with Crippen LogP contribution in [-0.2, 0) is 19.3 Å². The fraction of sp³-hybridized carbons (Fsp3) is 0.547. The number of hydrogen-bond acceptors (Lipinski definition) is 12. The molecule has 2 aromatic carbocycles. The topological polar surface area (TPSA) is 196 Å². The number of aliphatic hydroxyl groups excluding tert-OH is 5. The number of dihydropyridines is 1. The van der Waals surface area contributed by atoms with E-state index in [4.69, 9.17) is 10.5 Å². The molecule has 356 valence electrons. The number of rotatable bonds is 11. The number of aromatic hydroxyl groups is 1. The summed E-state index contributed by atoms with van der Waals surface area (Å²) in [7, 11) is 3.25. The summed E-state index contributed by atoms with van der Waals surface area (Å²) in [5, 5.41) is 75.8. The largest absolute Gasteiger partial charge is 0.504 e. The van der Waals surface area contributed by atoms with E-state index in [0.29, 0.717) is 68.9 Å². The van der Waals surface area contributed by atoms with Crippen LogP contribution in [0.3, 0.4) is 0 Å². The van der Waals surface area contributed by atoms with Gasteiger partial charge in [-0.3, -0.25) is 0 Å². The van der Waals surface area contributed by atoms with Gasteiger partial charge < -0.3 is 56.7 Å². The number of phenols is 1. The third-order valence-electron chi connectivity index (χ3n) is 14.8. The number of hydrogen-bond donors (Lipinski definition) is 10. The predicted molar refractivity (Wildman–Crippen MR) is 265 cm³/mol. The first-order chi connectivity index (χ1) is 31.9. The summed E-state index contributed by atoms with van der Waals surface area (Å²) in [6.45, 7) is 4.86. The van der Waals surface area contributed by atoms with Gasteiger partial charge in [0, 0.05) is 84.3 Å². The third kappa shape index (κ3) is 11.7. The highest BCUT2D eigenvalue weighted by molar-refractivity contribution is 8.76. The smallest absolute Gasteiger partial charge is 0.161 e. The zero-order valence-corrected chi connectivity index (χ0v) is 40.0. The van der Waals surface area contributed by atoms with E-state index in [2.05, 4.69) is 76.9 Å². The van der Waals surface area contributed by atoms with Gasteiger partial charge in [0.05, 0.1) is 24.4 Å². The number of aliphatic hydroxyl groups is 5. The monoisotopic (exact) mass is 938 g/mol. The van der Waals surface area contributed by atoms with Gasteiger partial charge >= 0.3 is 0 Å². The second-order valence-electron chi connectivity index (χ2n) is 19.5. The summed E-state index contributed by atoms with van der Waals surface area (Å²) in [6.07, 6.45) is 8.03. The SMILES string of the molecule is C[C@H](O)CN[C@@H]1CC[C@H](O)[C@@H]2[C@H](O)C[C@@H]3C(=C[C@@H]2C#C[C@H]([C@H](C)Cc2ccccc2)C1)CCc1cc(O)c(O[C@@H]2C[C@H](Cc4ccc[nH]4)C4=CCNC(N)=C4CSSC[C@H](CO)[C@H]2O)cc13. The molecule has 13 atom stereocenters. The highest BCUT2D eigenvalue weighted by Gasteiger charge is 2.42. The molecule has 1 saturated heterocycles. The normalized spacial score (nSPS) is 31.5. The lowest BCUT2D eigenvalue weighted by atomic mass is 9.76. The molecule has 0 saturated carbocycles.